The largest absolute Gasteiger partial charge is 0.345 e. The van der Waals surface area contributed by atoms with E-state index in [0.29, 0.717) is 5.56 Å². The minimum atomic E-state index is -0.666. The van der Waals surface area contributed by atoms with Crippen LogP contribution in [0.2, 0.25) is 0 Å². The molecule has 1 atom stereocenters. The zero-order chi connectivity index (χ0) is 14.7. The van der Waals surface area contributed by atoms with Crippen LogP contribution in [0, 0.1) is 15.2 Å². The van der Waals surface area contributed by atoms with E-state index < -0.39 is 17.7 Å². The second-order valence-electron chi connectivity index (χ2n) is 4.37. The molecule has 2 nitrogen and oxygen atoms in total. The second kappa shape index (κ2) is 6.30. The molecule has 1 amide bonds. The molecule has 0 fully saturated rings. The van der Waals surface area contributed by atoms with Gasteiger partial charge in [-0.15, -0.1) is 0 Å². The number of benzene rings is 2. The molecule has 1 unspecified atom stereocenters. The van der Waals surface area contributed by atoms with Crippen molar-refractivity contribution in [2.75, 3.05) is 0 Å². The summed E-state index contributed by atoms with van der Waals surface area (Å²) in [6, 6.07) is 9.86. The van der Waals surface area contributed by atoms with E-state index in [0.717, 1.165) is 9.64 Å². The fourth-order valence-corrected chi connectivity index (χ4v) is 2.38. The van der Waals surface area contributed by atoms with Crippen molar-refractivity contribution in [1.29, 1.82) is 0 Å². The zero-order valence-electron chi connectivity index (χ0n) is 10.7. The van der Waals surface area contributed by atoms with Crippen LogP contribution in [0.25, 0.3) is 0 Å². The van der Waals surface area contributed by atoms with E-state index in [4.69, 9.17) is 0 Å². The van der Waals surface area contributed by atoms with E-state index >= 15 is 0 Å². The lowest BCUT2D eigenvalue weighted by Gasteiger charge is -2.15. The monoisotopic (exact) mass is 387 g/mol. The number of halogens is 3. The van der Waals surface area contributed by atoms with E-state index in [-0.39, 0.29) is 11.5 Å². The van der Waals surface area contributed by atoms with Gasteiger partial charge in [0.2, 0.25) is 0 Å². The topological polar surface area (TPSA) is 29.1 Å². The van der Waals surface area contributed by atoms with Crippen molar-refractivity contribution in [3.63, 3.8) is 0 Å². The molecule has 1 N–H and O–H groups in total. The number of hydrogen-bond donors (Lipinski definition) is 1. The highest BCUT2D eigenvalue weighted by Gasteiger charge is 2.15. The molecular formula is C15H12F2INO. The van der Waals surface area contributed by atoms with Gasteiger partial charge in [0.25, 0.3) is 5.91 Å². The Morgan fingerprint density at radius 2 is 1.95 bits per heavy atom. The standard InChI is InChI=1S/C15H12F2INO/c1-9(13-6-5-11(16)8-14(13)17)19-15(20)10-3-2-4-12(18)7-10/h2-9H,1H3,(H,19,20). The minimum Gasteiger partial charge on any atom is -0.345 e. The van der Waals surface area contributed by atoms with Crippen LogP contribution in [0.4, 0.5) is 8.78 Å². The van der Waals surface area contributed by atoms with Gasteiger partial charge in [0.15, 0.2) is 0 Å². The predicted molar refractivity (Wildman–Crippen MR) is 81.4 cm³/mol. The van der Waals surface area contributed by atoms with Gasteiger partial charge >= 0.3 is 0 Å². The number of rotatable bonds is 3. The molecule has 2 aromatic rings. The molecule has 0 radical (unpaired) electrons. The smallest absolute Gasteiger partial charge is 0.251 e. The average molecular weight is 387 g/mol. The summed E-state index contributed by atoms with van der Waals surface area (Å²) < 4.78 is 27.4. The van der Waals surface area contributed by atoms with Gasteiger partial charge in [0.1, 0.15) is 11.6 Å². The van der Waals surface area contributed by atoms with Crippen molar-refractivity contribution in [2.24, 2.45) is 0 Å². The first kappa shape index (κ1) is 14.9. The lowest BCUT2D eigenvalue weighted by Crippen LogP contribution is -2.27. The van der Waals surface area contributed by atoms with Crippen LogP contribution in [-0.4, -0.2) is 5.91 Å². The van der Waals surface area contributed by atoms with E-state index in [1.165, 1.54) is 12.1 Å². The molecule has 0 bridgehead atoms. The Morgan fingerprint density at radius 3 is 2.60 bits per heavy atom. The fraction of sp³-hybridized carbons (Fsp3) is 0.133. The summed E-state index contributed by atoms with van der Waals surface area (Å²) in [7, 11) is 0. The Balaban J connectivity index is 2.15. The lowest BCUT2D eigenvalue weighted by atomic mass is 10.1. The van der Waals surface area contributed by atoms with Gasteiger partial charge in [-0.3, -0.25) is 4.79 Å². The number of amides is 1. The number of carbonyl (C=O) groups is 1. The molecule has 104 valence electrons. The molecule has 0 aliphatic rings. The number of hydrogen-bond acceptors (Lipinski definition) is 1. The highest BCUT2D eigenvalue weighted by atomic mass is 127. The highest BCUT2D eigenvalue weighted by molar-refractivity contribution is 14.1. The summed E-state index contributed by atoms with van der Waals surface area (Å²) in [6.07, 6.45) is 0. The van der Waals surface area contributed by atoms with Gasteiger partial charge < -0.3 is 5.32 Å². The second-order valence-corrected chi connectivity index (χ2v) is 5.62. The van der Waals surface area contributed by atoms with Crippen LogP contribution in [-0.2, 0) is 0 Å². The van der Waals surface area contributed by atoms with E-state index in [2.05, 4.69) is 27.9 Å². The summed E-state index contributed by atoms with van der Waals surface area (Å²) >= 11 is 2.11. The Hall–Kier alpha value is -1.50. The van der Waals surface area contributed by atoms with Crippen molar-refractivity contribution in [3.05, 3.63) is 68.8 Å². The van der Waals surface area contributed by atoms with Crippen molar-refractivity contribution >= 4 is 28.5 Å². The molecule has 0 saturated heterocycles. The molecule has 0 saturated carbocycles. The molecule has 20 heavy (non-hydrogen) atoms. The van der Waals surface area contributed by atoms with Crippen molar-refractivity contribution in [2.45, 2.75) is 13.0 Å². The van der Waals surface area contributed by atoms with Gasteiger partial charge in [-0.2, -0.15) is 0 Å². The molecule has 2 aromatic carbocycles. The van der Waals surface area contributed by atoms with E-state index in [1.807, 2.05) is 6.07 Å². The quantitative estimate of drug-likeness (QED) is 0.791. The van der Waals surface area contributed by atoms with Crippen molar-refractivity contribution in [3.8, 4) is 0 Å². The minimum absolute atomic E-state index is 0.255. The SMILES string of the molecule is CC(NC(=O)c1cccc(I)c1)c1ccc(F)cc1F. The van der Waals surface area contributed by atoms with Gasteiger partial charge in [0, 0.05) is 20.8 Å². The molecule has 2 rings (SSSR count). The summed E-state index contributed by atoms with van der Waals surface area (Å²) in [5.74, 6) is -1.59. The van der Waals surface area contributed by atoms with Crippen LogP contribution < -0.4 is 5.32 Å². The summed E-state index contributed by atoms with van der Waals surface area (Å²) in [4.78, 5) is 12.0. The van der Waals surface area contributed by atoms with E-state index in [1.54, 1.807) is 25.1 Å². The third-order valence-electron chi connectivity index (χ3n) is 2.86. The van der Waals surface area contributed by atoms with Gasteiger partial charge in [0.05, 0.1) is 6.04 Å². The van der Waals surface area contributed by atoms with Crippen LogP contribution in [0.1, 0.15) is 28.9 Å². The van der Waals surface area contributed by atoms with E-state index in [9.17, 15) is 13.6 Å². The molecule has 0 heterocycles. The molecule has 0 aromatic heterocycles. The van der Waals surface area contributed by atoms with Crippen LogP contribution >= 0.6 is 22.6 Å². The molecule has 0 spiro atoms. The summed E-state index contributed by atoms with van der Waals surface area (Å²) in [5.41, 5.74) is 0.761. The van der Waals surface area contributed by atoms with Crippen LogP contribution in [0.5, 0.6) is 0 Å². The maximum Gasteiger partial charge on any atom is 0.251 e. The summed E-state index contributed by atoms with van der Waals surface area (Å²) in [5, 5.41) is 2.70. The third-order valence-corrected chi connectivity index (χ3v) is 3.53. The molecule has 0 aliphatic heterocycles. The zero-order valence-corrected chi connectivity index (χ0v) is 12.8. The number of nitrogens with one attached hydrogen (secondary N) is 1. The van der Waals surface area contributed by atoms with Crippen molar-refractivity contribution in [1.82, 2.24) is 5.32 Å². The van der Waals surface area contributed by atoms with Crippen LogP contribution in [0.15, 0.2) is 42.5 Å². The van der Waals surface area contributed by atoms with Gasteiger partial charge in [-0.25, -0.2) is 8.78 Å². The summed E-state index contributed by atoms with van der Waals surface area (Å²) in [6.45, 7) is 1.65. The average Bonchev–Trinajstić information content (AvgIpc) is 2.38. The van der Waals surface area contributed by atoms with Crippen LogP contribution in [0.3, 0.4) is 0 Å². The lowest BCUT2D eigenvalue weighted by molar-refractivity contribution is 0.0939. The van der Waals surface area contributed by atoms with Gasteiger partial charge in [-0.05, 0) is 53.8 Å². The first-order valence-electron chi connectivity index (χ1n) is 5.99. The Bertz CT molecular complexity index is 646. The number of carbonyl (C=O) groups excluding carboxylic acids is 1. The Kier molecular flexibility index (Phi) is 4.69. The Morgan fingerprint density at radius 1 is 1.20 bits per heavy atom. The normalized spacial score (nSPS) is 12.0. The first-order valence-corrected chi connectivity index (χ1v) is 7.06. The molecular weight excluding hydrogens is 375 g/mol. The fourth-order valence-electron chi connectivity index (χ4n) is 1.84. The van der Waals surface area contributed by atoms with Crippen molar-refractivity contribution < 1.29 is 13.6 Å². The van der Waals surface area contributed by atoms with Gasteiger partial charge in [-0.1, -0.05) is 12.1 Å². The predicted octanol–water partition coefficient (Wildman–Crippen LogP) is 4.06. The molecule has 0 aliphatic carbocycles. The Labute approximate surface area is 129 Å². The maximum absolute atomic E-state index is 13.6. The highest BCUT2D eigenvalue weighted by Crippen LogP contribution is 2.18. The first-order chi connectivity index (χ1) is 9.47. The maximum atomic E-state index is 13.6. The molecule has 5 heteroatoms. The third kappa shape index (κ3) is 3.53.